The first kappa shape index (κ1) is 29.1. The Labute approximate surface area is 237 Å². The number of H-pyrrole nitrogens is 1. The Hall–Kier alpha value is -3.93. The minimum absolute atomic E-state index is 0.00508. The molecule has 3 aromatic carbocycles. The summed E-state index contributed by atoms with van der Waals surface area (Å²) in [4.78, 5) is 33.8. The fourth-order valence-corrected chi connectivity index (χ4v) is 4.89. The summed E-state index contributed by atoms with van der Waals surface area (Å²) in [5.41, 5.74) is 4.50. The van der Waals surface area contributed by atoms with Gasteiger partial charge < -0.3 is 14.8 Å². The molecule has 0 spiro atoms. The van der Waals surface area contributed by atoms with Gasteiger partial charge in [-0.1, -0.05) is 88.7 Å². The minimum Gasteiger partial charge on any atom is -0.361 e. The minimum atomic E-state index is -0.573. The van der Waals surface area contributed by atoms with Gasteiger partial charge in [0.05, 0.1) is 5.56 Å². The Balaban J connectivity index is 1.57. The van der Waals surface area contributed by atoms with Gasteiger partial charge in [0.2, 0.25) is 5.91 Å². The molecule has 0 aliphatic rings. The molecule has 1 N–H and O–H groups in total. The lowest BCUT2D eigenvalue weighted by Crippen LogP contribution is -2.44. The molecule has 0 aliphatic heterocycles. The number of nitrogens with zero attached hydrogens (tertiary/aromatic N) is 2. The third kappa shape index (κ3) is 7.17. The smallest absolute Gasteiger partial charge is 0.257 e. The van der Waals surface area contributed by atoms with Crippen molar-refractivity contribution in [1.29, 1.82) is 0 Å². The van der Waals surface area contributed by atoms with E-state index in [0.29, 0.717) is 26.1 Å². The Bertz CT molecular complexity index is 1440. The molecular weight excluding hydrogens is 501 g/mol. The van der Waals surface area contributed by atoms with Crippen LogP contribution in [0, 0.1) is 5.82 Å². The first-order valence-corrected chi connectivity index (χ1v) is 14.1. The number of unbranched alkanes of at least 4 members (excludes halogenated alkanes) is 1. The highest BCUT2D eigenvalue weighted by molar-refractivity contribution is 5.96. The molecule has 0 unspecified atom stereocenters. The molecular formula is C34H40FN3O2. The van der Waals surface area contributed by atoms with Gasteiger partial charge >= 0.3 is 0 Å². The molecule has 210 valence electrons. The molecule has 0 fully saturated rings. The van der Waals surface area contributed by atoms with Crippen molar-refractivity contribution in [1.82, 2.24) is 14.8 Å². The second kappa shape index (κ2) is 12.9. The van der Waals surface area contributed by atoms with Crippen molar-refractivity contribution in [3.05, 3.63) is 107 Å². The fourth-order valence-electron chi connectivity index (χ4n) is 4.89. The van der Waals surface area contributed by atoms with Crippen LogP contribution < -0.4 is 0 Å². The maximum absolute atomic E-state index is 14.5. The summed E-state index contributed by atoms with van der Waals surface area (Å²) in [6, 6.07) is 22.5. The number of carbonyl (C=O) groups excluding carboxylic acids is 2. The summed E-state index contributed by atoms with van der Waals surface area (Å²) >= 11 is 0. The number of benzene rings is 3. The van der Waals surface area contributed by atoms with Gasteiger partial charge in [-0.3, -0.25) is 9.59 Å². The van der Waals surface area contributed by atoms with Gasteiger partial charge in [-0.2, -0.15) is 0 Å². The van der Waals surface area contributed by atoms with Gasteiger partial charge in [0.25, 0.3) is 5.91 Å². The first-order valence-electron chi connectivity index (χ1n) is 14.1. The molecule has 0 atom stereocenters. The van der Waals surface area contributed by atoms with E-state index in [0.717, 1.165) is 34.9 Å². The van der Waals surface area contributed by atoms with E-state index in [1.165, 1.54) is 22.6 Å². The number of hydrogen-bond acceptors (Lipinski definition) is 2. The number of rotatable bonds is 11. The first-order chi connectivity index (χ1) is 19.2. The summed E-state index contributed by atoms with van der Waals surface area (Å²) in [5, 5.41) is 1.14. The van der Waals surface area contributed by atoms with Crippen molar-refractivity contribution >= 4 is 22.7 Å². The van der Waals surface area contributed by atoms with Crippen molar-refractivity contribution in [3.63, 3.8) is 0 Å². The monoisotopic (exact) mass is 541 g/mol. The van der Waals surface area contributed by atoms with Gasteiger partial charge in [-0.25, -0.2) is 4.39 Å². The zero-order valence-electron chi connectivity index (χ0n) is 24.0. The lowest BCUT2D eigenvalue weighted by Gasteiger charge is -2.28. The number of amides is 2. The highest BCUT2D eigenvalue weighted by Crippen LogP contribution is 2.23. The zero-order chi connectivity index (χ0) is 28.7. The molecule has 2 amide bonds. The number of aromatic amines is 1. The molecule has 1 heterocycles. The second-order valence-electron chi connectivity index (χ2n) is 11.4. The van der Waals surface area contributed by atoms with Crippen LogP contribution >= 0.6 is 0 Å². The summed E-state index contributed by atoms with van der Waals surface area (Å²) in [5.74, 6) is -1.18. The van der Waals surface area contributed by atoms with Crippen LogP contribution in [0.25, 0.3) is 10.9 Å². The summed E-state index contributed by atoms with van der Waals surface area (Å²) in [7, 11) is 0. The second-order valence-corrected chi connectivity index (χ2v) is 11.4. The Morgan fingerprint density at radius 3 is 2.27 bits per heavy atom. The van der Waals surface area contributed by atoms with E-state index in [9.17, 15) is 14.0 Å². The predicted molar refractivity (Wildman–Crippen MR) is 160 cm³/mol. The van der Waals surface area contributed by atoms with E-state index in [4.69, 9.17) is 0 Å². The van der Waals surface area contributed by atoms with E-state index in [-0.39, 0.29) is 23.4 Å². The Morgan fingerprint density at radius 2 is 1.57 bits per heavy atom. The van der Waals surface area contributed by atoms with Crippen LogP contribution in [0.2, 0.25) is 0 Å². The standard InChI is InChI=1S/C34H40FN3O2/c1-5-6-20-38(33(40)29-12-7-9-13-30(29)35)24-32(39)37(23-25-15-17-27(18-16-25)34(2,3)4)21-19-26-22-36-31-14-10-8-11-28(26)31/h7-18,22,36H,5-6,19-21,23-24H2,1-4H3. The topological polar surface area (TPSA) is 56.4 Å². The van der Waals surface area contributed by atoms with Crippen molar-refractivity contribution in [2.24, 2.45) is 0 Å². The normalized spacial score (nSPS) is 11.5. The van der Waals surface area contributed by atoms with Gasteiger partial charge in [-0.15, -0.1) is 0 Å². The molecule has 0 aliphatic carbocycles. The number of nitrogens with one attached hydrogen (secondary N) is 1. The molecule has 0 bridgehead atoms. The van der Waals surface area contributed by atoms with Gasteiger partial charge in [0.1, 0.15) is 12.4 Å². The number of fused-ring (bicyclic) bond motifs is 1. The van der Waals surface area contributed by atoms with E-state index >= 15 is 0 Å². The van der Waals surface area contributed by atoms with Crippen molar-refractivity contribution in [3.8, 4) is 0 Å². The Kier molecular flexibility index (Phi) is 9.41. The van der Waals surface area contributed by atoms with Crippen LogP contribution in [0.1, 0.15) is 67.6 Å². The lowest BCUT2D eigenvalue weighted by molar-refractivity contribution is -0.132. The maximum atomic E-state index is 14.5. The molecule has 4 rings (SSSR count). The predicted octanol–water partition coefficient (Wildman–Crippen LogP) is 7.12. The SMILES string of the molecule is CCCCN(CC(=O)N(CCc1c[nH]c2ccccc12)Cc1ccc(C(C)(C)C)cc1)C(=O)c1ccccc1F. The number of para-hydroxylation sites is 1. The highest BCUT2D eigenvalue weighted by Gasteiger charge is 2.24. The van der Waals surface area contributed by atoms with E-state index < -0.39 is 11.7 Å². The summed E-state index contributed by atoms with van der Waals surface area (Å²) in [6.07, 6.45) is 4.27. The van der Waals surface area contributed by atoms with Crippen LogP contribution in [-0.2, 0) is 23.2 Å². The molecule has 1 aromatic heterocycles. The van der Waals surface area contributed by atoms with Gasteiger partial charge in [0.15, 0.2) is 0 Å². The summed E-state index contributed by atoms with van der Waals surface area (Å²) < 4.78 is 14.5. The lowest BCUT2D eigenvalue weighted by atomic mass is 9.87. The molecule has 40 heavy (non-hydrogen) atoms. The fraction of sp³-hybridized carbons (Fsp3) is 0.353. The molecule has 5 nitrogen and oxygen atoms in total. The number of halogens is 1. The van der Waals surface area contributed by atoms with Gasteiger partial charge in [-0.05, 0) is 53.1 Å². The zero-order valence-corrected chi connectivity index (χ0v) is 24.0. The average Bonchev–Trinajstić information content (AvgIpc) is 3.36. The van der Waals surface area contributed by atoms with E-state index in [1.807, 2.05) is 36.2 Å². The average molecular weight is 542 g/mol. The highest BCUT2D eigenvalue weighted by atomic mass is 19.1. The van der Waals surface area contributed by atoms with Crippen molar-refractivity contribution < 1.29 is 14.0 Å². The largest absolute Gasteiger partial charge is 0.361 e. The number of carbonyl (C=O) groups is 2. The molecule has 0 saturated heterocycles. The van der Waals surface area contributed by atoms with Crippen LogP contribution in [0.5, 0.6) is 0 Å². The maximum Gasteiger partial charge on any atom is 0.257 e. The molecule has 0 saturated carbocycles. The third-order valence-electron chi connectivity index (χ3n) is 7.37. The van der Waals surface area contributed by atoms with Crippen LogP contribution in [0.4, 0.5) is 4.39 Å². The van der Waals surface area contributed by atoms with E-state index in [2.05, 4.69) is 56.1 Å². The third-order valence-corrected chi connectivity index (χ3v) is 7.37. The number of hydrogen-bond donors (Lipinski definition) is 1. The van der Waals surface area contributed by atoms with Crippen LogP contribution in [-0.4, -0.2) is 46.2 Å². The number of aromatic nitrogens is 1. The van der Waals surface area contributed by atoms with Crippen molar-refractivity contribution in [2.45, 2.75) is 58.9 Å². The molecule has 4 aromatic rings. The Morgan fingerprint density at radius 1 is 0.875 bits per heavy atom. The quantitative estimate of drug-likeness (QED) is 0.220. The van der Waals surface area contributed by atoms with Crippen molar-refractivity contribution in [2.75, 3.05) is 19.6 Å². The van der Waals surface area contributed by atoms with E-state index in [1.54, 1.807) is 12.1 Å². The summed E-state index contributed by atoms with van der Waals surface area (Å²) in [6.45, 7) is 9.79. The molecule has 6 heteroatoms. The van der Waals surface area contributed by atoms with Crippen LogP contribution in [0.3, 0.4) is 0 Å². The van der Waals surface area contributed by atoms with Crippen LogP contribution in [0.15, 0.2) is 79.0 Å². The molecule has 0 radical (unpaired) electrons. The van der Waals surface area contributed by atoms with Gasteiger partial charge in [0, 0.05) is 36.7 Å².